The predicted molar refractivity (Wildman–Crippen MR) is 87.1 cm³/mol. The summed E-state index contributed by atoms with van der Waals surface area (Å²) in [7, 11) is 0. The Kier molecular flexibility index (Phi) is 2.55. The van der Waals surface area contributed by atoms with Gasteiger partial charge in [-0.1, -0.05) is 30.3 Å². The molecule has 0 bridgehead atoms. The summed E-state index contributed by atoms with van der Waals surface area (Å²) in [5.74, 6) is 0.392. The van der Waals surface area contributed by atoms with Crippen molar-refractivity contribution < 1.29 is 0 Å². The highest BCUT2D eigenvalue weighted by molar-refractivity contribution is 7.24. The molecule has 4 rings (SSSR count). The Bertz CT molecular complexity index is 1020. The summed E-state index contributed by atoms with van der Waals surface area (Å²) in [4.78, 5) is 13.3. The van der Waals surface area contributed by atoms with Gasteiger partial charge in [-0.15, -0.1) is 11.3 Å². The monoisotopic (exact) mass is 293 g/mol. The second-order valence-corrected chi connectivity index (χ2v) is 5.77. The second kappa shape index (κ2) is 4.43. The number of nitrogen functional groups attached to an aromatic ring is 1. The van der Waals surface area contributed by atoms with Crippen molar-refractivity contribution in [3.63, 3.8) is 0 Å². The maximum Gasteiger partial charge on any atom is 0.201 e. The first-order chi connectivity index (χ1) is 10.3. The third kappa shape index (κ3) is 1.75. The van der Waals surface area contributed by atoms with E-state index in [2.05, 4.69) is 5.10 Å². The van der Waals surface area contributed by atoms with Gasteiger partial charge in [0.05, 0.1) is 5.69 Å². The maximum absolute atomic E-state index is 12.6. The van der Waals surface area contributed by atoms with Crippen LogP contribution >= 0.6 is 11.3 Å². The normalized spacial score (nSPS) is 11.2. The molecular formula is C16H11N3OS. The number of anilines is 1. The molecule has 2 aromatic carbocycles. The lowest BCUT2D eigenvalue weighted by Crippen LogP contribution is -2.05. The van der Waals surface area contributed by atoms with Crippen molar-refractivity contribution in [3.8, 4) is 5.69 Å². The second-order valence-electron chi connectivity index (χ2n) is 4.74. The minimum Gasteiger partial charge on any atom is -0.383 e. The summed E-state index contributed by atoms with van der Waals surface area (Å²) in [6, 6.07) is 17.1. The average Bonchev–Trinajstić information content (AvgIpc) is 2.85. The SMILES string of the molecule is Nc1c2c(=O)c3ccccc3sc2nn1-c1ccccc1. The number of nitrogens with two attached hydrogens (primary N) is 1. The first-order valence-electron chi connectivity index (χ1n) is 6.51. The van der Waals surface area contributed by atoms with Crippen molar-refractivity contribution in [1.82, 2.24) is 9.78 Å². The molecule has 21 heavy (non-hydrogen) atoms. The van der Waals surface area contributed by atoms with E-state index in [1.807, 2.05) is 54.6 Å². The van der Waals surface area contributed by atoms with Gasteiger partial charge in [0.2, 0.25) is 5.43 Å². The van der Waals surface area contributed by atoms with Crippen molar-refractivity contribution in [1.29, 1.82) is 0 Å². The molecule has 0 fully saturated rings. The van der Waals surface area contributed by atoms with Crippen LogP contribution in [0.4, 0.5) is 5.82 Å². The molecule has 2 heterocycles. The van der Waals surface area contributed by atoms with E-state index < -0.39 is 0 Å². The summed E-state index contributed by atoms with van der Waals surface area (Å²) >= 11 is 1.48. The van der Waals surface area contributed by atoms with Crippen molar-refractivity contribution in [2.24, 2.45) is 0 Å². The van der Waals surface area contributed by atoms with Crippen LogP contribution in [-0.4, -0.2) is 9.78 Å². The number of aromatic nitrogens is 2. The minimum atomic E-state index is -0.0565. The van der Waals surface area contributed by atoms with Gasteiger partial charge in [0.15, 0.2) is 4.83 Å². The highest BCUT2D eigenvalue weighted by Gasteiger charge is 2.15. The first kappa shape index (κ1) is 12.1. The van der Waals surface area contributed by atoms with Crippen LogP contribution in [0.15, 0.2) is 59.4 Å². The minimum absolute atomic E-state index is 0.0565. The summed E-state index contributed by atoms with van der Waals surface area (Å²) in [5, 5.41) is 5.70. The van der Waals surface area contributed by atoms with Crippen LogP contribution in [0.25, 0.3) is 26.0 Å². The Hall–Kier alpha value is -2.66. The highest BCUT2D eigenvalue weighted by Crippen LogP contribution is 2.28. The average molecular weight is 293 g/mol. The zero-order chi connectivity index (χ0) is 14.4. The van der Waals surface area contributed by atoms with Gasteiger partial charge in [0.1, 0.15) is 11.2 Å². The van der Waals surface area contributed by atoms with E-state index in [0.29, 0.717) is 21.4 Å². The van der Waals surface area contributed by atoms with Crippen LogP contribution in [0.3, 0.4) is 0 Å². The molecule has 0 spiro atoms. The lowest BCUT2D eigenvalue weighted by molar-refractivity contribution is 0.911. The van der Waals surface area contributed by atoms with Crippen LogP contribution in [0.1, 0.15) is 0 Å². The van der Waals surface area contributed by atoms with Gasteiger partial charge in [-0.05, 0) is 24.3 Å². The topological polar surface area (TPSA) is 60.9 Å². The molecule has 0 atom stereocenters. The predicted octanol–water partition coefficient (Wildman–Crippen LogP) is 3.18. The Morgan fingerprint density at radius 2 is 1.71 bits per heavy atom. The largest absolute Gasteiger partial charge is 0.383 e. The number of para-hydroxylation sites is 1. The van der Waals surface area contributed by atoms with E-state index in [1.165, 1.54) is 11.3 Å². The lowest BCUT2D eigenvalue weighted by atomic mass is 10.2. The van der Waals surface area contributed by atoms with E-state index in [0.717, 1.165) is 10.4 Å². The third-order valence-corrected chi connectivity index (χ3v) is 4.51. The summed E-state index contributed by atoms with van der Waals surface area (Å²) < 4.78 is 2.55. The van der Waals surface area contributed by atoms with Crippen molar-refractivity contribution in [3.05, 3.63) is 64.8 Å². The van der Waals surface area contributed by atoms with E-state index in [1.54, 1.807) is 4.68 Å². The molecular weight excluding hydrogens is 282 g/mol. The van der Waals surface area contributed by atoms with Gasteiger partial charge >= 0.3 is 0 Å². The molecule has 0 unspecified atom stereocenters. The lowest BCUT2D eigenvalue weighted by Gasteiger charge is -2.02. The molecule has 0 amide bonds. The highest BCUT2D eigenvalue weighted by atomic mass is 32.1. The standard InChI is InChI=1S/C16H11N3OS/c17-15-13-14(20)11-8-4-5-9-12(11)21-16(13)18-19(15)10-6-2-1-3-7-10/h1-9H,17H2. The van der Waals surface area contributed by atoms with E-state index >= 15 is 0 Å². The van der Waals surface area contributed by atoms with Gasteiger partial charge < -0.3 is 5.73 Å². The molecule has 0 saturated carbocycles. The smallest absolute Gasteiger partial charge is 0.201 e. The van der Waals surface area contributed by atoms with E-state index in [9.17, 15) is 4.79 Å². The molecule has 0 aliphatic heterocycles. The zero-order valence-electron chi connectivity index (χ0n) is 11.0. The van der Waals surface area contributed by atoms with Gasteiger partial charge in [-0.3, -0.25) is 4.79 Å². The molecule has 2 aromatic heterocycles. The van der Waals surface area contributed by atoms with Gasteiger partial charge in [0, 0.05) is 10.1 Å². The van der Waals surface area contributed by atoms with Gasteiger partial charge in [-0.25, -0.2) is 4.68 Å². The third-order valence-electron chi connectivity index (χ3n) is 3.46. The van der Waals surface area contributed by atoms with Crippen molar-refractivity contribution >= 4 is 37.5 Å². The Morgan fingerprint density at radius 3 is 2.52 bits per heavy atom. The molecule has 0 saturated heterocycles. The van der Waals surface area contributed by atoms with Crippen LogP contribution in [-0.2, 0) is 0 Å². The number of hydrogen-bond acceptors (Lipinski definition) is 4. The molecule has 5 heteroatoms. The fraction of sp³-hybridized carbons (Fsp3) is 0. The van der Waals surface area contributed by atoms with E-state index in [-0.39, 0.29) is 5.43 Å². The summed E-state index contributed by atoms with van der Waals surface area (Å²) in [6.45, 7) is 0. The molecule has 0 radical (unpaired) electrons. The van der Waals surface area contributed by atoms with Crippen LogP contribution < -0.4 is 11.2 Å². The number of benzene rings is 2. The Morgan fingerprint density at radius 1 is 1.00 bits per heavy atom. The van der Waals surface area contributed by atoms with Gasteiger partial charge in [0.25, 0.3) is 0 Å². The maximum atomic E-state index is 12.6. The Labute approximate surface area is 124 Å². The van der Waals surface area contributed by atoms with Crippen LogP contribution in [0.5, 0.6) is 0 Å². The quantitative estimate of drug-likeness (QED) is 0.586. The number of hydrogen-bond donors (Lipinski definition) is 1. The van der Waals surface area contributed by atoms with Crippen molar-refractivity contribution in [2.75, 3.05) is 5.73 Å². The molecule has 0 aliphatic rings. The Balaban J connectivity index is 2.14. The number of rotatable bonds is 1. The molecule has 102 valence electrons. The van der Waals surface area contributed by atoms with Gasteiger partial charge in [-0.2, -0.15) is 5.10 Å². The fourth-order valence-corrected chi connectivity index (χ4v) is 3.49. The summed E-state index contributed by atoms with van der Waals surface area (Å²) in [5.41, 5.74) is 6.96. The molecule has 4 nitrogen and oxygen atoms in total. The molecule has 0 aliphatic carbocycles. The number of fused-ring (bicyclic) bond motifs is 2. The molecule has 4 aromatic rings. The summed E-state index contributed by atoms with van der Waals surface area (Å²) in [6.07, 6.45) is 0. The molecule has 2 N–H and O–H groups in total. The number of nitrogens with zero attached hydrogens (tertiary/aromatic N) is 2. The fourth-order valence-electron chi connectivity index (χ4n) is 2.44. The van der Waals surface area contributed by atoms with E-state index in [4.69, 9.17) is 5.73 Å². The van der Waals surface area contributed by atoms with Crippen molar-refractivity contribution in [2.45, 2.75) is 0 Å². The zero-order valence-corrected chi connectivity index (χ0v) is 11.8. The van der Waals surface area contributed by atoms with Crippen LogP contribution in [0, 0.1) is 0 Å². The first-order valence-corrected chi connectivity index (χ1v) is 7.33. The van der Waals surface area contributed by atoms with Crippen LogP contribution in [0.2, 0.25) is 0 Å².